The van der Waals surface area contributed by atoms with Gasteiger partial charge in [0.1, 0.15) is 22.8 Å². The number of thiophene rings is 1. The molecule has 0 saturated heterocycles. The van der Waals surface area contributed by atoms with Crippen LogP contribution in [0.4, 0.5) is 0 Å². The normalized spacial score (nSPS) is 11.9. The fraction of sp³-hybridized carbons (Fsp3) is 0. The lowest BCUT2D eigenvalue weighted by Gasteiger charge is -2.14. The number of benzene rings is 10. The Morgan fingerprint density at radius 3 is 1.71 bits per heavy atom. The molecule has 72 heavy (non-hydrogen) atoms. The van der Waals surface area contributed by atoms with Gasteiger partial charge in [-0.05, 0) is 90.0 Å². The fourth-order valence-corrected chi connectivity index (χ4v) is 12.3. The Morgan fingerprint density at radius 2 is 0.972 bits per heavy atom. The van der Waals surface area contributed by atoms with Crippen LogP contribution in [0.1, 0.15) is 5.56 Å². The van der Waals surface area contributed by atoms with E-state index >= 15 is 0 Å². The number of hydrogen-bond donors (Lipinski definition) is 0. The van der Waals surface area contributed by atoms with Gasteiger partial charge in [0, 0.05) is 63.9 Å². The van der Waals surface area contributed by atoms with Crippen LogP contribution in [0.2, 0.25) is 0 Å². The maximum atomic E-state index is 10.8. The van der Waals surface area contributed by atoms with Gasteiger partial charge < -0.3 is 13.6 Å². The van der Waals surface area contributed by atoms with E-state index in [1.54, 1.807) is 0 Å². The van der Waals surface area contributed by atoms with Gasteiger partial charge in [0.25, 0.3) is 0 Å². The lowest BCUT2D eigenvalue weighted by molar-refractivity contribution is 0.669. The van der Waals surface area contributed by atoms with E-state index in [1.165, 1.54) is 41.9 Å². The van der Waals surface area contributed by atoms with Crippen molar-refractivity contribution in [1.82, 2.24) is 19.1 Å². The number of para-hydroxylation sites is 3. The van der Waals surface area contributed by atoms with Crippen molar-refractivity contribution in [2.24, 2.45) is 0 Å². The van der Waals surface area contributed by atoms with Crippen LogP contribution in [0.5, 0.6) is 0 Å². The van der Waals surface area contributed by atoms with E-state index in [4.69, 9.17) is 14.4 Å². The van der Waals surface area contributed by atoms with Gasteiger partial charge >= 0.3 is 0 Å². The van der Waals surface area contributed by atoms with Crippen molar-refractivity contribution in [3.8, 4) is 62.5 Å². The number of aromatic nitrogens is 4. The maximum Gasteiger partial charge on any atom is 0.164 e. The molecule has 5 heterocycles. The van der Waals surface area contributed by atoms with Gasteiger partial charge in [-0.1, -0.05) is 146 Å². The minimum atomic E-state index is 0.418. The van der Waals surface area contributed by atoms with Crippen LogP contribution in [-0.2, 0) is 0 Å². The highest BCUT2D eigenvalue weighted by atomic mass is 32.1. The molecule has 6 nitrogen and oxygen atoms in total. The van der Waals surface area contributed by atoms with Crippen molar-refractivity contribution in [3.63, 3.8) is 0 Å². The van der Waals surface area contributed by atoms with Crippen molar-refractivity contribution in [2.45, 2.75) is 0 Å². The molecule has 0 spiro atoms. The molecule has 0 aliphatic carbocycles. The van der Waals surface area contributed by atoms with E-state index in [1.807, 2.05) is 84.1 Å². The van der Waals surface area contributed by atoms with Gasteiger partial charge in [-0.15, -0.1) is 11.3 Å². The molecule has 334 valence electrons. The largest absolute Gasteiger partial charge is 0.455 e. The van der Waals surface area contributed by atoms with E-state index < -0.39 is 0 Å². The van der Waals surface area contributed by atoms with Crippen LogP contribution in [0.25, 0.3) is 142 Å². The van der Waals surface area contributed by atoms with Gasteiger partial charge in [-0.25, -0.2) is 9.97 Å². The van der Waals surface area contributed by atoms with Gasteiger partial charge in [0.15, 0.2) is 5.82 Å². The summed E-state index contributed by atoms with van der Waals surface area (Å²) in [7, 11) is 0. The van der Waals surface area contributed by atoms with Crippen molar-refractivity contribution >= 4 is 97.1 Å². The molecule has 0 aliphatic heterocycles. The molecule has 0 aliphatic rings. The van der Waals surface area contributed by atoms with Crippen molar-refractivity contribution in [3.05, 3.63) is 230 Å². The highest BCUT2D eigenvalue weighted by Crippen LogP contribution is 2.47. The lowest BCUT2D eigenvalue weighted by Crippen LogP contribution is -2.02. The zero-order valence-electron chi connectivity index (χ0n) is 38.4. The third kappa shape index (κ3) is 5.94. The van der Waals surface area contributed by atoms with Gasteiger partial charge in [-0.2, -0.15) is 5.26 Å². The first kappa shape index (κ1) is 40.3. The second kappa shape index (κ2) is 15.7. The van der Waals surface area contributed by atoms with E-state index in [-0.39, 0.29) is 0 Å². The predicted molar refractivity (Wildman–Crippen MR) is 297 cm³/mol. The summed E-state index contributed by atoms with van der Waals surface area (Å²) in [5, 5.41) is 20.0. The minimum absolute atomic E-state index is 0.418. The van der Waals surface area contributed by atoms with Gasteiger partial charge in [0.05, 0.1) is 50.1 Å². The maximum absolute atomic E-state index is 10.8. The van der Waals surface area contributed by atoms with Crippen LogP contribution < -0.4 is 0 Å². The zero-order valence-corrected chi connectivity index (χ0v) is 39.2. The summed E-state index contributed by atoms with van der Waals surface area (Å²) in [5.74, 6) is 0.472. The molecule has 0 atom stereocenters. The molecule has 7 heteroatoms. The molecule has 0 amide bonds. The van der Waals surface area contributed by atoms with E-state index in [0.29, 0.717) is 28.4 Å². The average molecular weight is 936 g/mol. The quantitative estimate of drug-likeness (QED) is 0.166. The molecule has 0 bridgehead atoms. The van der Waals surface area contributed by atoms with E-state index in [9.17, 15) is 5.26 Å². The average Bonchev–Trinajstić information content (AvgIpc) is 4.21. The number of fused-ring (bicyclic) bond motifs is 13. The summed E-state index contributed by atoms with van der Waals surface area (Å²) in [5.41, 5.74) is 14.2. The summed E-state index contributed by atoms with van der Waals surface area (Å²) in [6.45, 7) is 0. The van der Waals surface area contributed by atoms with Crippen molar-refractivity contribution < 1.29 is 4.42 Å². The third-order valence-corrected chi connectivity index (χ3v) is 15.5. The van der Waals surface area contributed by atoms with Crippen LogP contribution in [0, 0.1) is 11.3 Å². The summed E-state index contributed by atoms with van der Waals surface area (Å²) in [6.07, 6.45) is 0. The first-order valence-corrected chi connectivity index (χ1v) is 24.9. The Hall–Kier alpha value is -9.61. The Balaban J connectivity index is 1.04. The number of nitrogens with zero attached hydrogens (tertiary/aromatic N) is 5. The highest BCUT2D eigenvalue weighted by Gasteiger charge is 2.26. The first-order valence-electron chi connectivity index (χ1n) is 24.0. The van der Waals surface area contributed by atoms with Gasteiger partial charge in [0.2, 0.25) is 0 Å². The standard InChI is InChI=1S/C65H37N5OS/c66-38-50-62(39-16-4-1-5-17-39)67-65(68-63(50)40-18-6-2-7-19-40)47-30-32-55(61-46-24-11-14-26-56(46)71-64(47)61)70-52-31-28-41(42-29-35-58-48(36-42)44-22-12-15-27-57(44)72-58)37-49(52)60-54(70)34-33-53-59(60)45-23-10-13-25-51(45)69(53)43-20-8-3-9-21-43/h1-37H. The number of hydrogen-bond acceptors (Lipinski definition) is 5. The Kier molecular flexibility index (Phi) is 8.79. The van der Waals surface area contributed by atoms with Crippen LogP contribution in [-0.4, -0.2) is 19.1 Å². The van der Waals surface area contributed by atoms with Crippen LogP contribution >= 0.6 is 11.3 Å². The van der Waals surface area contributed by atoms with Gasteiger partial charge in [-0.3, -0.25) is 0 Å². The molecule has 5 aromatic heterocycles. The molecular weight excluding hydrogens is 899 g/mol. The smallest absolute Gasteiger partial charge is 0.164 e. The Bertz CT molecular complexity index is 4690. The molecular formula is C65H37N5OS. The zero-order chi connectivity index (χ0) is 47.4. The highest BCUT2D eigenvalue weighted by molar-refractivity contribution is 7.25. The topological polar surface area (TPSA) is 72.6 Å². The minimum Gasteiger partial charge on any atom is -0.455 e. The number of furan rings is 1. The van der Waals surface area contributed by atoms with E-state index in [2.05, 4.69) is 167 Å². The second-order valence-corrected chi connectivity index (χ2v) is 19.4. The molecule has 0 radical (unpaired) electrons. The fourth-order valence-electron chi connectivity index (χ4n) is 11.2. The number of nitriles is 1. The Labute approximate surface area is 416 Å². The molecule has 10 aromatic carbocycles. The molecule has 0 fully saturated rings. The van der Waals surface area contributed by atoms with E-state index in [0.717, 1.165) is 77.4 Å². The van der Waals surface area contributed by atoms with Crippen molar-refractivity contribution in [2.75, 3.05) is 0 Å². The lowest BCUT2D eigenvalue weighted by atomic mass is 9.99. The first-order chi connectivity index (χ1) is 35.7. The van der Waals surface area contributed by atoms with Crippen LogP contribution in [0.15, 0.2) is 229 Å². The monoisotopic (exact) mass is 935 g/mol. The molecule has 0 saturated carbocycles. The molecule has 15 aromatic rings. The molecule has 0 unspecified atom stereocenters. The molecule has 0 N–H and O–H groups in total. The summed E-state index contributed by atoms with van der Waals surface area (Å²) < 4.78 is 14.4. The summed E-state index contributed by atoms with van der Waals surface area (Å²) >= 11 is 1.84. The number of rotatable bonds is 6. The SMILES string of the molecule is N#Cc1c(-c2ccccc2)nc(-c2ccc(-n3c4ccc(-c5ccc6sc7ccccc7c6c5)cc4c4c5c6ccccc6n(-c6ccccc6)c5ccc43)c3c2oc2ccccc23)nc1-c1ccccc1. The summed E-state index contributed by atoms with van der Waals surface area (Å²) in [4.78, 5) is 10.5. The summed E-state index contributed by atoms with van der Waals surface area (Å²) in [6, 6.07) is 81.4. The van der Waals surface area contributed by atoms with Crippen LogP contribution in [0.3, 0.4) is 0 Å². The third-order valence-electron chi connectivity index (χ3n) is 14.4. The van der Waals surface area contributed by atoms with Crippen molar-refractivity contribution in [1.29, 1.82) is 5.26 Å². The molecule has 15 rings (SSSR count). The predicted octanol–water partition coefficient (Wildman–Crippen LogP) is 17.5. The Morgan fingerprint density at radius 1 is 0.417 bits per heavy atom. The second-order valence-electron chi connectivity index (χ2n) is 18.3.